The topological polar surface area (TPSA) is 51.2 Å². The maximum atomic E-state index is 11.9. The number of ether oxygens (including phenoxy) is 1. The monoisotopic (exact) mass is 318 g/mol. The number of hydrogen-bond acceptors (Lipinski definition) is 4. The lowest BCUT2D eigenvalue weighted by molar-refractivity contribution is -0.120. The lowest BCUT2D eigenvalue weighted by Gasteiger charge is -2.02. The average molecular weight is 318 g/mol. The minimum Gasteiger partial charge on any atom is -0.497 e. The Morgan fingerprint density at radius 1 is 1.32 bits per heavy atom. The molecule has 0 fully saturated rings. The molecule has 1 aromatic heterocycles. The van der Waals surface area contributed by atoms with E-state index in [1.54, 1.807) is 18.4 Å². The Morgan fingerprint density at radius 2 is 2.05 bits per heavy atom. The molecule has 0 aliphatic heterocycles. The van der Waals surface area contributed by atoms with Crippen molar-refractivity contribution in [3.05, 3.63) is 34.8 Å². The molecule has 2 aromatic rings. The minimum atomic E-state index is 0.0708. The molecule has 0 atom stereocenters. The highest BCUT2D eigenvalue weighted by atomic mass is 32.1. The van der Waals surface area contributed by atoms with Gasteiger partial charge in [-0.1, -0.05) is 13.3 Å². The Bertz CT molecular complexity index is 620. The van der Waals surface area contributed by atoms with E-state index in [1.807, 2.05) is 31.2 Å². The summed E-state index contributed by atoms with van der Waals surface area (Å²) < 4.78 is 5.16. The van der Waals surface area contributed by atoms with E-state index in [4.69, 9.17) is 4.74 Å². The van der Waals surface area contributed by atoms with E-state index in [2.05, 4.69) is 17.2 Å². The Morgan fingerprint density at radius 3 is 2.68 bits per heavy atom. The molecule has 1 N–H and O–H groups in total. The number of rotatable bonds is 7. The third kappa shape index (κ3) is 4.31. The van der Waals surface area contributed by atoms with E-state index in [-0.39, 0.29) is 5.91 Å². The van der Waals surface area contributed by atoms with Crippen LogP contribution in [0.4, 0.5) is 0 Å². The number of benzene rings is 1. The van der Waals surface area contributed by atoms with Gasteiger partial charge < -0.3 is 10.1 Å². The summed E-state index contributed by atoms with van der Waals surface area (Å²) in [7, 11) is 1.65. The molecular weight excluding hydrogens is 296 g/mol. The van der Waals surface area contributed by atoms with Crippen LogP contribution in [-0.2, 0) is 11.2 Å². The molecule has 1 aromatic carbocycles. The zero-order valence-electron chi connectivity index (χ0n) is 13.3. The van der Waals surface area contributed by atoms with E-state index < -0.39 is 0 Å². The molecule has 118 valence electrons. The molecule has 0 aliphatic rings. The van der Waals surface area contributed by atoms with Gasteiger partial charge in [0.1, 0.15) is 10.8 Å². The predicted octanol–water partition coefficient (Wildman–Crippen LogP) is 3.59. The van der Waals surface area contributed by atoms with Gasteiger partial charge >= 0.3 is 0 Å². The Hall–Kier alpha value is -1.88. The van der Waals surface area contributed by atoms with Gasteiger partial charge in [-0.15, -0.1) is 11.3 Å². The number of carbonyl (C=O) groups is 1. The molecule has 0 saturated carbocycles. The van der Waals surface area contributed by atoms with Crippen molar-refractivity contribution in [3.8, 4) is 16.3 Å². The van der Waals surface area contributed by atoms with E-state index in [0.29, 0.717) is 6.42 Å². The van der Waals surface area contributed by atoms with E-state index in [0.717, 1.165) is 46.3 Å². The van der Waals surface area contributed by atoms with Crippen molar-refractivity contribution in [1.82, 2.24) is 10.3 Å². The average Bonchev–Trinajstić information content (AvgIpc) is 2.88. The molecule has 1 heterocycles. The summed E-state index contributed by atoms with van der Waals surface area (Å²) in [5.41, 5.74) is 1.98. The van der Waals surface area contributed by atoms with Crippen LogP contribution >= 0.6 is 11.3 Å². The van der Waals surface area contributed by atoms with Crippen molar-refractivity contribution in [2.45, 2.75) is 33.1 Å². The van der Waals surface area contributed by atoms with Gasteiger partial charge in [-0.05, 0) is 37.6 Å². The van der Waals surface area contributed by atoms with Gasteiger partial charge in [0, 0.05) is 17.0 Å². The van der Waals surface area contributed by atoms with Crippen molar-refractivity contribution in [2.24, 2.45) is 0 Å². The van der Waals surface area contributed by atoms with Crippen LogP contribution < -0.4 is 10.1 Å². The molecular formula is C17H22N2O2S. The summed E-state index contributed by atoms with van der Waals surface area (Å²) in [6.07, 6.45) is 2.51. The van der Waals surface area contributed by atoms with E-state index >= 15 is 0 Å². The molecule has 0 radical (unpaired) electrons. The number of amides is 1. The standard InChI is InChI=1S/C17H22N2O2S/c1-4-5-10-18-16(20)11-15-12(2)19-17(22-15)13-6-8-14(21-3)9-7-13/h6-9H,4-5,10-11H2,1-3H3,(H,18,20). The summed E-state index contributed by atoms with van der Waals surface area (Å²) in [5.74, 6) is 0.897. The number of methoxy groups -OCH3 is 1. The number of aryl methyl sites for hydroxylation is 1. The van der Waals surface area contributed by atoms with Crippen LogP contribution in [0.3, 0.4) is 0 Å². The van der Waals surface area contributed by atoms with Crippen LogP contribution in [0, 0.1) is 6.92 Å². The Balaban J connectivity index is 2.05. The first-order chi connectivity index (χ1) is 10.6. The van der Waals surface area contributed by atoms with Gasteiger partial charge in [-0.25, -0.2) is 4.98 Å². The first-order valence-electron chi connectivity index (χ1n) is 7.51. The Kier molecular flexibility index (Phi) is 5.95. The van der Waals surface area contributed by atoms with Crippen molar-refractivity contribution in [2.75, 3.05) is 13.7 Å². The molecule has 0 spiro atoms. The number of nitrogens with one attached hydrogen (secondary N) is 1. The highest BCUT2D eigenvalue weighted by Crippen LogP contribution is 2.29. The third-order valence-corrected chi connectivity index (χ3v) is 4.61. The molecule has 0 unspecified atom stereocenters. The second-order valence-corrected chi connectivity index (χ2v) is 6.22. The second-order valence-electron chi connectivity index (χ2n) is 5.14. The molecule has 0 bridgehead atoms. The summed E-state index contributed by atoms with van der Waals surface area (Å²) >= 11 is 1.58. The summed E-state index contributed by atoms with van der Waals surface area (Å²) in [4.78, 5) is 17.5. The fourth-order valence-electron chi connectivity index (χ4n) is 2.06. The molecule has 0 aliphatic carbocycles. The quantitative estimate of drug-likeness (QED) is 0.794. The van der Waals surface area contributed by atoms with Gasteiger partial charge in [0.15, 0.2) is 0 Å². The fourth-order valence-corrected chi connectivity index (χ4v) is 3.13. The van der Waals surface area contributed by atoms with Crippen molar-refractivity contribution in [1.29, 1.82) is 0 Å². The molecule has 22 heavy (non-hydrogen) atoms. The first-order valence-corrected chi connectivity index (χ1v) is 8.33. The number of carbonyl (C=O) groups excluding carboxylic acids is 1. The number of aromatic nitrogens is 1. The van der Waals surface area contributed by atoms with Gasteiger partial charge in [0.05, 0.1) is 19.2 Å². The highest BCUT2D eigenvalue weighted by molar-refractivity contribution is 7.15. The number of thiazole rings is 1. The molecule has 0 saturated heterocycles. The zero-order chi connectivity index (χ0) is 15.9. The van der Waals surface area contributed by atoms with Crippen LogP contribution in [-0.4, -0.2) is 24.5 Å². The zero-order valence-corrected chi connectivity index (χ0v) is 14.1. The molecule has 2 rings (SSSR count). The van der Waals surface area contributed by atoms with E-state index in [1.165, 1.54) is 0 Å². The predicted molar refractivity (Wildman–Crippen MR) is 90.5 cm³/mol. The highest BCUT2D eigenvalue weighted by Gasteiger charge is 2.12. The minimum absolute atomic E-state index is 0.0708. The Labute approximate surface area is 135 Å². The second kappa shape index (κ2) is 7.94. The van der Waals surface area contributed by atoms with Crippen molar-refractivity contribution >= 4 is 17.2 Å². The fraction of sp³-hybridized carbons (Fsp3) is 0.412. The smallest absolute Gasteiger partial charge is 0.225 e. The van der Waals surface area contributed by atoms with Crippen LogP contribution in [0.2, 0.25) is 0 Å². The van der Waals surface area contributed by atoms with Gasteiger partial charge in [-0.2, -0.15) is 0 Å². The van der Waals surface area contributed by atoms with E-state index in [9.17, 15) is 4.79 Å². The lowest BCUT2D eigenvalue weighted by Crippen LogP contribution is -2.25. The van der Waals surface area contributed by atoms with Gasteiger partial charge in [0.2, 0.25) is 5.91 Å². The number of hydrogen-bond donors (Lipinski definition) is 1. The SMILES string of the molecule is CCCCNC(=O)Cc1sc(-c2ccc(OC)cc2)nc1C. The van der Waals surface area contributed by atoms with Crippen LogP contribution in [0.1, 0.15) is 30.3 Å². The molecule has 5 heteroatoms. The van der Waals surface area contributed by atoms with Crippen LogP contribution in [0.15, 0.2) is 24.3 Å². The van der Waals surface area contributed by atoms with Crippen LogP contribution in [0.5, 0.6) is 5.75 Å². The number of nitrogens with zero attached hydrogens (tertiary/aromatic N) is 1. The normalized spacial score (nSPS) is 10.5. The maximum absolute atomic E-state index is 11.9. The largest absolute Gasteiger partial charge is 0.497 e. The molecule has 1 amide bonds. The van der Waals surface area contributed by atoms with Crippen LogP contribution in [0.25, 0.3) is 10.6 Å². The summed E-state index contributed by atoms with van der Waals surface area (Å²) in [5, 5.41) is 3.89. The van der Waals surface area contributed by atoms with Crippen molar-refractivity contribution < 1.29 is 9.53 Å². The summed E-state index contributed by atoms with van der Waals surface area (Å²) in [6, 6.07) is 7.82. The number of unbranched alkanes of at least 4 members (excludes halogenated alkanes) is 1. The van der Waals surface area contributed by atoms with Gasteiger partial charge in [-0.3, -0.25) is 4.79 Å². The van der Waals surface area contributed by atoms with Crippen molar-refractivity contribution in [3.63, 3.8) is 0 Å². The first kappa shape index (κ1) is 16.5. The summed E-state index contributed by atoms with van der Waals surface area (Å²) in [6.45, 7) is 4.82. The lowest BCUT2D eigenvalue weighted by atomic mass is 10.2. The maximum Gasteiger partial charge on any atom is 0.225 e. The van der Waals surface area contributed by atoms with Gasteiger partial charge in [0.25, 0.3) is 0 Å². The molecule has 4 nitrogen and oxygen atoms in total. The third-order valence-electron chi connectivity index (χ3n) is 3.40.